The number of aliphatic hydroxyl groups excluding tert-OH is 1. The van der Waals surface area contributed by atoms with Gasteiger partial charge in [-0.3, -0.25) is 4.79 Å². The van der Waals surface area contributed by atoms with Crippen molar-refractivity contribution in [3.05, 3.63) is 23.3 Å². The average Bonchev–Trinajstić information content (AvgIpc) is 2.37. The molecule has 0 aliphatic rings. The van der Waals surface area contributed by atoms with Crippen LogP contribution >= 0.6 is 0 Å². The van der Waals surface area contributed by atoms with Crippen molar-refractivity contribution in [2.75, 3.05) is 27.8 Å². The Kier molecular flexibility index (Phi) is 5.12. The number of benzene rings is 1. The standard InChI is InChI=1S/C13H19NO4/c1-8-11(17-3)6-5-9(13(8)18-4)12(16)10(15)7-14-2/h5-6,10,14-15H,7H2,1-4H3. The van der Waals surface area contributed by atoms with E-state index in [1.165, 1.54) is 7.11 Å². The Morgan fingerprint density at radius 3 is 2.56 bits per heavy atom. The maximum absolute atomic E-state index is 12.1. The van der Waals surface area contributed by atoms with E-state index < -0.39 is 6.10 Å². The van der Waals surface area contributed by atoms with Crippen LogP contribution in [0.1, 0.15) is 15.9 Å². The Labute approximate surface area is 107 Å². The largest absolute Gasteiger partial charge is 0.496 e. The fraction of sp³-hybridized carbons (Fsp3) is 0.462. The third kappa shape index (κ3) is 2.80. The fourth-order valence-electron chi connectivity index (χ4n) is 1.82. The lowest BCUT2D eigenvalue weighted by atomic mass is 10.0. The Balaban J connectivity index is 3.17. The molecule has 0 fully saturated rings. The highest BCUT2D eigenvalue weighted by atomic mass is 16.5. The van der Waals surface area contributed by atoms with Crippen molar-refractivity contribution < 1.29 is 19.4 Å². The van der Waals surface area contributed by atoms with Crippen LogP contribution in [0.5, 0.6) is 11.5 Å². The molecule has 0 amide bonds. The monoisotopic (exact) mass is 253 g/mol. The Morgan fingerprint density at radius 1 is 1.39 bits per heavy atom. The summed E-state index contributed by atoms with van der Waals surface area (Å²) in [5.74, 6) is 0.716. The molecule has 0 saturated heterocycles. The first-order valence-corrected chi connectivity index (χ1v) is 5.65. The number of Topliss-reactive ketones (excluding diaryl/α,β-unsaturated/α-hetero) is 1. The number of aliphatic hydroxyl groups is 1. The minimum atomic E-state index is -1.09. The zero-order chi connectivity index (χ0) is 13.7. The average molecular weight is 253 g/mol. The highest BCUT2D eigenvalue weighted by Gasteiger charge is 2.22. The second-order valence-electron chi connectivity index (χ2n) is 3.91. The molecule has 5 nitrogen and oxygen atoms in total. The summed E-state index contributed by atoms with van der Waals surface area (Å²) in [6.45, 7) is 2.01. The van der Waals surface area contributed by atoms with Crippen LogP contribution in [0.25, 0.3) is 0 Å². The highest BCUT2D eigenvalue weighted by molar-refractivity contribution is 6.02. The molecular weight excluding hydrogens is 234 g/mol. The van der Waals surface area contributed by atoms with Gasteiger partial charge >= 0.3 is 0 Å². The van der Waals surface area contributed by atoms with Crippen LogP contribution in [-0.2, 0) is 0 Å². The molecule has 5 heteroatoms. The fourth-order valence-corrected chi connectivity index (χ4v) is 1.82. The molecular formula is C13H19NO4. The van der Waals surface area contributed by atoms with E-state index in [4.69, 9.17) is 9.47 Å². The van der Waals surface area contributed by atoms with Gasteiger partial charge in [-0.2, -0.15) is 0 Å². The van der Waals surface area contributed by atoms with Crippen molar-refractivity contribution in [3.8, 4) is 11.5 Å². The molecule has 2 N–H and O–H groups in total. The van der Waals surface area contributed by atoms with Gasteiger partial charge in [0.1, 0.15) is 17.6 Å². The zero-order valence-corrected chi connectivity index (χ0v) is 11.1. The molecule has 0 spiro atoms. The van der Waals surface area contributed by atoms with Crippen molar-refractivity contribution in [3.63, 3.8) is 0 Å². The van der Waals surface area contributed by atoms with Gasteiger partial charge in [-0.25, -0.2) is 0 Å². The van der Waals surface area contributed by atoms with Crippen LogP contribution < -0.4 is 14.8 Å². The molecule has 18 heavy (non-hydrogen) atoms. The molecule has 100 valence electrons. The third-order valence-electron chi connectivity index (χ3n) is 2.75. The second-order valence-corrected chi connectivity index (χ2v) is 3.91. The van der Waals surface area contributed by atoms with Gasteiger partial charge in [-0.1, -0.05) is 0 Å². The number of nitrogens with one attached hydrogen (secondary N) is 1. The van der Waals surface area contributed by atoms with Crippen molar-refractivity contribution in [1.82, 2.24) is 5.32 Å². The van der Waals surface area contributed by atoms with Crippen LogP contribution in [0.2, 0.25) is 0 Å². The van der Waals surface area contributed by atoms with Gasteiger partial charge in [-0.05, 0) is 26.1 Å². The molecule has 1 rings (SSSR count). The molecule has 0 aliphatic carbocycles. The van der Waals surface area contributed by atoms with E-state index in [0.717, 1.165) is 5.56 Å². The van der Waals surface area contributed by atoms with E-state index in [-0.39, 0.29) is 12.3 Å². The summed E-state index contributed by atoms with van der Waals surface area (Å²) in [6.07, 6.45) is -1.09. The van der Waals surface area contributed by atoms with Crippen LogP contribution in [0.4, 0.5) is 0 Å². The van der Waals surface area contributed by atoms with Crippen LogP contribution in [0.15, 0.2) is 12.1 Å². The molecule has 0 heterocycles. The van der Waals surface area contributed by atoms with Gasteiger partial charge in [0.2, 0.25) is 0 Å². The van der Waals surface area contributed by atoms with Crippen LogP contribution in [-0.4, -0.2) is 44.8 Å². The van der Waals surface area contributed by atoms with Gasteiger partial charge < -0.3 is 19.9 Å². The van der Waals surface area contributed by atoms with Crippen LogP contribution in [0, 0.1) is 6.92 Å². The number of hydrogen-bond donors (Lipinski definition) is 2. The number of ketones is 1. The molecule has 1 unspecified atom stereocenters. The van der Waals surface area contributed by atoms with Gasteiger partial charge in [0.25, 0.3) is 0 Å². The number of likely N-dealkylation sites (N-methyl/N-ethyl adjacent to an activating group) is 1. The third-order valence-corrected chi connectivity index (χ3v) is 2.75. The second kappa shape index (κ2) is 6.37. The summed E-state index contributed by atoms with van der Waals surface area (Å²) in [7, 11) is 4.72. The lowest BCUT2D eigenvalue weighted by Crippen LogP contribution is -2.31. The summed E-state index contributed by atoms with van der Waals surface area (Å²) in [6, 6.07) is 3.29. The summed E-state index contributed by atoms with van der Waals surface area (Å²) in [5, 5.41) is 12.5. The first kappa shape index (κ1) is 14.5. The molecule has 0 bridgehead atoms. The zero-order valence-electron chi connectivity index (χ0n) is 11.1. The van der Waals surface area contributed by atoms with E-state index in [1.54, 1.807) is 33.2 Å². The normalized spacial score (nSPS) is 12.1. The van der Waals surface area contributed by atoms with E-state index in [9.17, 15) is 9.90 Å². The van der Waals surface area contributed by atoms with Crippen molar-refractivity contribution in [1.29, 1.82) is 0 Å². The maximum Gasteiger partial charge on any atom is 0.196 e. The first-order valence-electron chi connectivity index (χ1n) is 5.65. The van der Waals surface area contributed by atoms with Crippen LogP contribution in [0.3, 0.4) is 0 Å². The number of hydrogen-bond acceptors (Lipinski definition) is 5. The molecule has 0 radical (unpaired) electrons. The van der Waals surface area contributed by atoms with E-state index >= 15 is 0 Å². The van der Waals surface area contributed by atoms with Crippen molar-refractivity contribution in [2.24, 2.45) is 0 Å². The molecule has 0 aliphatic heterocycles. The lowest BCUT2D eigenvalue weighted by Gasteiger charge is -2.15. The maximum atomic E-state index is 12.1. The predicted octanol–water partition coefficient (Wildman–Crippen LogP) is 0.775. The minimum Gasteiger partial charge on any atom is -0.496 e. The van der Waals surface area contributed by atoms with Gasteiger partial charge in [0.15, 0.2) is 5.78 Å². The quantitative estimate of drug-likeness (QED) is 0.733. The Morgan fingerprint density at radius 2 is 2.06 bits per heavy atom. The molecule has 0 saturated carbocycles. The summed E-state index contributed by atoms with van der Waals surface area (Å²) < 4.78 is 10.4. The number of rotatable bonds is 6. The number of ether oxygens (including phenoxy) is 2. The number of methoxy groups -OCH3 is 2. The minimum absolute atomic E-state index is 0.201. The Hall–Kier alpha value is -1.59. The van der Waals surface area contributed by atoms with Gasteiger partial charge in [-0.15, -0.1) is 0 Å². The molecule has 1 atom stereocenters. The summed E-state index contributed by atoms with van der Waals surface area (Å²) in [4.78, 5) is 12.1. The topological polar surface area (TPSA) is 67.8 Å². The smallest absolute Gasteiger partial charge is 0.196 e. The van der Waals surface area contributed by atoms with E-state index in [1.807, 2.05) is 0 Å². The highest BCUT2D eigenvalue weighted by Crippen LogP contribution is 2.31. The first-order chi connectivity index (χ1) is 8.56. The Bertz CT molecular complexity index is 431. The molecule has 1 aromatic carbocycles. The van der Waals surface area contributed by atoms with Gasteiger partial charge in [0, 0.05) is 12.1 Å². The number of carbonyl (C=O) groups is 1. The number of carbonyl (C=O) groups excluding carboxylic acids is 1. The SMILES string of the molecule is CNCC(O)C(=O)c1ccc(OC)c(C)c1OC. The van der Waals surface area contributed by atoms with Gasteiger partial charge in [0.05, 0.1) is 19.8 Å². The predicted molar refractivity (Wildman–Crippen MR) is 68.5 cm³/mol. The molecule has 1 aromatic rings. The molecule has 0 aromatic heterocycles. The summed E-state index contributed by atoms with van der Waals surface area (Å²) >= 11 is 0. The van der Waals surface area contributed by atoms with E-state index in [2.05, 4.69) is 5.32 Å². The van der Waals surface area contributed by atoms with E-state index in [0.29, 0.717) is 17.1 Å². The van der Waals surface area contributed by atoms with Crippen molar-refractivity contribution >= 4 is 5.78 Å². The summed E-state index contributed by atoms with van der Waals surface area (Å²) in [5.41, 5.74) is 1.10. The lowest BCUT2D eigenvalue weighted by molar-refractivity contribution is 0.0747. The van der Waals surface area contributed by atoms with Crippen molar-refractivity contribution in [2.45, 2.75) is 13.0 Å².